The lowest BCUT2D eigenvalue weighted by Gasteiger charge is -2.05. The molecule has 2 unspecified atom stereocenters. The Labute approximate surface area is 88.9 Å². The lowest BCUT2D eigenvalue weighted by Crippen LogP contribution is -2.26. The van der Waals surface area contributed by atoms with Gasteiger partial charge in [-0.1, -0.05) is 6.92 Å². The van der Waals surface area contributed by atoms with Crippen LogP contribution in [0.2, 0.25) is 0 Å². The van der Waals surface area contributed by atoms with Gasteiger partial charge in [-0.25, -0.2) is 4.98 Å². The molecule has 1 aromatic heterocycles. The Hall–Kier alpha value is -1.58. The van der Waals surface area contributed by atoms with Crippen LogP contribution in [0.3, 0.4) is 0 Å². The summed E-state index contributed by atoms with van der Waals surface area (Å²) >= 11 is 0. The second-order valence-electron chi connectivity index (χ2n) is 4.12. The minimum atomic E-state index is -0.125. The minimum Gasteiger partial charge on any atom is -0.383 e. The number of anilines is 1. The molecule has 0 spiro atoms. The Morgan fingerprint density at radius 2 is 2.47 bits per heavy atom. The predicted octanol–water partition coefficient (Wildman–Crippen LogP) is 1.05. The summed E-state index contributed by atoms with van der Waals surface area (Å²) < 4.78 is 0. The van der Waals surface area contributed by atoms with E-state index in [9.17, 15) is 4.79 Å². The molecule has 2 rings (SSSR count). The number of nitrogen functional groups attached to an aromatic ring is 1. The van der Waals surface area contributed by atoms with Crippen LogP contribution in [-0.4, -0.2) is 17.4 Å². The summed E-state index contributed by atoms with van der Waals surface area (Å²) in [6.45, 7) is 2.93. The van der Waals surface area contributed by atoms with Crippen molar-refractivity contribution < 1.29 is 4.79 Å². The average molecular weight is 205 g/mol. The first-order chi connectivity index (χ1) is 7.18. The fourth-order valence-electron chi connectivity index (χ4n) is 1.61. The fourth-order valence-corrected chi connectivity index (χ4v) is 1.61. The van der Waals surface area contributed by atoms with E-state index in [1.165, 1.54) is 6.42 Å². The minimum absolute atomic E-state index is 0.125. The second kappa shape index (κ2) is 3.88. The van der Waals surface area contributed by atoms with Gasteiger partial charge in [-0.15, -0.1) is 0 Å². The number of aromatic nitrogens is 1. The van der Waals surface area contributed by atoms with Gasteiger partial charge < -0.3 is 11.1 Å². The molecule has 1 aromatic rings. The summed E-state index contributed by atoms with van der Waals surface area (Å²) in [7, 11) is 0. The van der Waals surface area contributed by atoms with Crippen LogP contribution in [0.15, 0.2) is 18.3 Å². The van der Waals surface area contributed by atoms with Gasteiger partial charge in [0.15, 0.2) is 0 Å². The first-order valence-corrected chi connectivity index (χ1v) is 5.17. The van der Waals surface area contributed by atoms with Gasteiger partial charge in [-0.05, 0) is 30.4 Å². The van der Waals surface area contributed by atoms with Crippen LogP contribution in [-0.2, 0) is 0 Å². The topological polar surface area (TPSA) is 68.0 Å². The molecule has 0 radical (unpaired) electrons. The Bertz CT molecular complexity index is 378. The number of rotatable bonds is 3. The largest absolute Gasteiger partial charge is 0.383 e. The van der Waals surface area contributed by atoms with Crippen LogP contribution in [0.25, 0.3) is 0 Å². The molecule has 2 atom stereocenters. The SMILES string of the molecule is CC1CC1CNC(=O)c1cccnc1N. The van der Waals surface area contributed by atoms with Gasteiger partial charge in [0.1, 0.15) is 5.82 Å². The van der Waals surface area contributed by atoms with Crippen molar-refractivity contribution in [2.24, 2.45) is 11.8 Å². The third-order valence-corrected chi connectivity index (χ3v) is 2.88. The highest BCUT2D eigenvalue weighted by Gasteiger charge is 2.32. The van der Waals surface area contributed by atoms with Crippen molar-refractivity contribution in [1.82, 2.24) is 10.3 Å². The summed E-state index contributed by atoms with van der Waals surface area (Å²) in [5.74, 6) is 1.56. The normalized spacial score (nSPS) is 23.5. The molecular formula is C11H15N3O. The number of hydrogen-bond donors (Lipinski definition) is 2. The number of nitrogens with one attached hydrogen (secondary N) is 1. The average Bonchev–Trinajstić information content (AvgIpc) is 2.92. The van der Waals surface area contributed by atoms with Crippen LogP contribution < -0.4 is 11.1 Å². The fraction of sp³-hybridized carbons (Fsp3) is 0.455. The van der Waals surface area contributed by atoms with Gasteiger partial charge in [0.2, 0.25) is 0 Å². The molecule has 0 aromatic carbocycles. The molecule has 0 aliphatic heterocycles. The number of nitrogens with zero attached hydrogens (tertiary/aromatic N) is 1. The third-order valence-electron chi connectivity index (χ3n) is 2.88. The van der Waals surface area contributed by atoms with Gasteiger partial charge >= 0.3 is 0 Å². The maximum Gasteiger partial charge on any atom is 0.255 e. The molecule has 1 saturated carbocycles. The summed E-state index contributed by atoms with van der Waals surface area (Å²) in [5.41, 5.74) is 6.06. The van der Waals surface area contributed by atoms with Gasteiger partial charge in [-0.2, -0.15) is 0 Å². The van der Waals surface area contributed by atoms with Crippen molar-refractivity contribution in [3.63, 3.8) is 0 Å². The predicted molar refractivity (Wildman–Crippen MR) is 58.3 cm³/mol. The Kier molecular flexibility index (Phi) is 2.58. The molecule has 80 valence electrons. The van der Waals surface area contributed by atoms with Gasteiger partial charge in [0, 0.05) is 12.7 Å². The number of carbonyl (C=O) groups is 1. The molecule has 0 saturated heterocycles. The number of amides is 1. The Morgan fingerprint density at radius 1 is 1.73 bits per heavy atom. The highest BCUT2D eigenvalue weighted by Crippen LogP contribution is 2.36. The smallest absolute Gasteiger partial charge is 0.255 e. The van der Waals surface area contributed by atoms with Crippen molar-refractivity contribution >= 4 is 11.7 Å². The molecule has 1 aliphatic rings. The summed E-state index contributed by atoms with van der Waals surface area (Å²) in [6, 6.07) is 3.40. The lowest BCUT2D eigenvalue weighted by molar-refractivity contribution is 0.0952. The Morgan fingerprint density at radius 3 is 3.07 bits per heavy atom. The van der Waals surface area contributed by atoms with Crippen molar-refractivity contribution in [3.05, 3.63) is 23.9 Å². The van der Waals surface area contributed by atoms with E-state index in [4.69, 9.17) is 5.73 Å². The summed E-state index contributed by atoms with van der Waals surface area (Å²) in [4.78, 5) is 15.5. The lowest BCUT2D eigenvalue weighted by atomic mass is 10.2. The zero-order valence-electron chi connectivity index (χ0n) is 8.73. The summed E-state index contributed by atoms with van der Waals surface area (Å²) in [6.07, 6.45) is 2.79. The molecule has 15 heavy (non-hydrogen) atoms. The van der Waals surface area contributed by atoms with Gasteiger partial charge in [-0.3, -0.25) is 4.79 Å². The molecule has 1 fully saturated rings. The quantitative estimate of drug-likeness (QED) is 0.775. The van der Waals surface area contributed by atoms with Crippen LogP contribution in [0.5, 0.6) is 0 Å². The van der Waals surface area contributed by atoms with Crippen LogP contribution in [0.4, 0.5) is 5.82 Å². The molecule has 1 aliphatic carbocycles. The monoisotopic (exact) mass is 205 g/mol. The highest BCUT2D eigenvalue weighted by atomic mass is 16.1. The van der Waals surface area contributed by atoms with Crippen molar-refractivity contribution in [2.45, 2.75) is 13.3 Å². The molecule has 1 amide bonds. The van der Waals surface area contributed by atoms with E-state index in [1.54, 1.807) is 18.3 Å². The van der Waals surface area contributed by atoms with Gasteiger partial charge in [0.05, 0.1) is 5.56 Å². The van der Waals surface area contributed by atoms with Crippen molar-refractivity contribution in [2.75, 3.05) is 12.3 Å². The molecule has 3 N–H and O–H groups in total. The van der Waals surface area contributed by atoms with Crippen molar-refractivity contribution in [3.8, 4) is 0 Å². The zero-order chi connectivity index (χ0) is 10.8. The highest BCUT2D eigenvalue weighted by molar-refractivity contribution is 5.98. The number of pyridine rings is 1. The number of hydrogen-bond acceptors (Lipinski definition) is 3. The Balaban J connectivity index is 1.93. The number of carbonyl (C=O) groups excluding carboxylic acids is 1. The third kappa shape index (κ3) is 2.26. The first kappa shape index (κ1) is 9.96. The molecule has 4 heteroatoms. The van der Waals surface area contributed by atoms with E-state index in [-0.39, 0.29) is 5.91 Å². The zero-order valence-corrected chi connectivity index (χ0v) is 8.73. The van der Waals surface area contributed by atoms with E-state index < -0.39 is 0 Å². The molecule has 0 bridgehead atoms. The maximum atomic E-state index is 11.7. The second-order valence-corrected chi connectivity index (χ2v) is 4.12. The summed E-state index contributed by atoms with van der Waals surface area (Å²) in [5, 5.41) is 2.87. The number of nitrogens with two attached hydrogens (primary N) is 1. The molecule has 4 nitrogen and oxygen atoms in total. The van der Waals surface area contributed by atoms with Crippen LogP contribution >= 0.6 is 0 Å². The van der Waals surface area contributed by atoms with E-state index in [2.05, 4.69) is 17.2 Å². The van der Waals surface area contributed by atoms with Gasteiger partial charge in [0.25, 0.3) is 5.91 Å². The molecule has 1 heterocycles. The van der Waals surface area contributed by atoms with Crippen LogP contribution in [0.1, 0.15) is 23.7 Å². The molecular weight excluding hydrogens is 190 g/mol. The van der Waals surface area contributed by atoms with Crippen LogP contribution in [0, 0.1) is 11.8 Å². The maximum absolute atomic E-state index is 11.7. The van der Waals surface area contributed by atoms with E-state index in [0.29, 0.717) is 17.3 Å². The van der Waals surface area contributed by atoms with E-state index >= 15 is 0 Å². The van der Waals surface area contributed by atoms with E-state index in [1.807, 2.05) is 0 Å². The van der Waals surface area contributed by atoms with Crippen molar-refractivity contribution in [1.29, 1.82) is 0 Å². The standard InChI is InChI=1S/C11H15N3O/c1-7-5-8(7)6-14-11(15)9-3-2-4-13-10(9)12/h2-4,7-8H,5-6H2,1H3,(H2,12,13)(H,14,15). The van der Waals surface area contributed by atoms with E-state index in [0.717, 1.165) is 12.5 Å². The first-order valence-electron chi connectivity index (χ1n) is 5.17.